The molecule has 4 aromatic rings. The minimum absolute atomic E-state index is 0.0331. The molecular formula is C26H32N6O. The summed E-state index contributed by atoms with van der Waals surface area (Å²) >= 11 is 0. The van der Waals surface area contributed by atoms with Crippen molar-refractivity contribution in [3.05, 3.63) is 71.5 Å². The van der Waals surface area contributed by atoms with E-state index < -0.39 is 0 Å². The number of hydrogen-bond acceptors (Lipinski definition) is 6. The van der Waals surface area contributed by atoms with Gasteiger partial charge in [-0.1, -0.05) is 43.3 Å². The molecule has 0 amide bonds. The van der Waals surface area contributed by atoms with E-state index in [0.717, 1.165) is 59.1 Å². The van der Waals surface area contributed by atoms with Crippen LogP contribution in [0.25, 0.3) is 16.6 Å². The van der Waals surface area contributed by atoms with E-state index in [1.807, 2.05) is 60.9 Å². The molecule has 4 rings (SSSR count). The van der Waals surface area contributed by atoms with Gasteiger partial charge in [0.05, 0.1) is 22.5 Å². The molecule has 0 aliphatic rings. The van der Waals surface area contributed by atoms with Crippen LogP contribution in [-0.4, -0.2) is 47.2 Å². The van der Waals surface area contributed by atoms with Gasteiger partial charge in [-0.3, -0.25) is 0 Å². The second-order valence-corrected chi connectivity index (χ2v) is 8.38. The van der Waals surface area contributed by atoms with Gasteiger partial charge in [0, 0.05) is 26.6 Å². The van der Waals surface area contributed by atoms with Crippen LogP contribution in [-0.2, 0) is 0 Å². The highest BCUT2D eigenvalue weighted by Gasteiger charge is 2.19. The monoisotopic (exact) mass is 444 g/mol. The molecule has 7 heteroatoms. The standard InChI is InChI=1S/C26H32N6O/c1-6-27-16-15-23(20-11-8-7-9-12-20)33-22-14-10-13-21(17-22)32-19(3)24-18(2)28-29-26(31(4)5)25(24)30-32/h7-14,17,23,27H,6,15-16H2,1-5H3. The van der Waals surface area contributed by atoms with Crippen LogP contribution in [0.5, 0.6) is 5.75 Å². The summed E-state index contributed by atoms with van der Waals surface area (Å²) in [6.45, 7) is 8.00. The fourth-order valence-corrected chi connectivity index (χ4v) is 4.09. The van der Waals surface area contributed by atoms with Crippen LogP contribution in [0.4, 0.5) is 5.82 Å². The normalized spacial score (nSPS) is 12.2. The number of nitrogens with zero attached hydrogens (tertiary/aromatic N) is 5. The van der Waals surface area contributed by atoms with Gasteiger partial charge in [-0.15, -0.1) is 5.10 Å². The molecule has 1 N–H and O–H groups in total. The second-order valence-electron chi connectivity index (χ2n) is 8.38. The SMILES string of the molecule is CCNCCC(Oc1cccc(-n2nc3c(N(C)C)nnc(C)c3c2C)c1)c1ccccc1. The zero-order chi connectivity index (χ0) is 23.4. The van der Waals surface area contributed by atoms with Crippen LogP contribution in [0.1, 0.15) is 36.4 Å². The van der Waals surface area contributed by atoms with Gasteiger partial charge >= 0.3 is 0 Å². The Morgan fingerprint density at radius 3 is 2.55 bits per heavy atom. The van der Waals surface area contributed by atoms with Crippen LogP contribution in [0, 0.1) is 13.8 Å². The van der Waals surface area contributed by atoms with Gasteiger partial charge in [-0.05, 0) is 44.6 Å². The van der Waals surface area contributed by atoms with Gasteiger partial charge in [0.2, 0.25) is 0 Å². The van der Waals surface area contributed by atoms with Gasteiger partial charge in [-0.25, -0.2) is 4.68 Å². The number of hydrogen-bond donors (Lipinski definition) is 1. The summed E-state index contributed by atoms with van der Waals surface area (Å²) in [7, 11) is 3.91. The Hall–Kier alpha value is -3.45. The van der Waals surface area contributed by atoms with E-state index in [-0.39, 0.29) is 6.10 Å². The molecule has 2 heterocycles. The first-order chi connectivity index (χ1) is 16.0. The highest BCUT2D eigenvalue weighted by atomic mass is 16.5. The van der Waals surface area contributed by atoms with E-state index in [0.29, 0.717) is 0 Å². The second kappa shape index (κ2) is 10.0. The number of aryl methyl sites for hydroxylation is 2. The van der Waals surface area contributed by atoms with Crippen LogP contribution >= 0.6 is 0 Å². The molecule has 0 saturated heterocycles. The molecule has 1 unspecified atom stereocenters. The van der Waals surface area contributed by atoms with Gasteiger partial charge in [0.25, 0.3) is 0 Å². The van der Waals surface area contributed by atoms with Crippen molar-refractivity contribution in [3.8, 4) is 11.4 Å². The van der Waals surface area contributed by atoms with Crippen molar-refractivity contribution < 1.29 is 4.74 Å². The number of nitrogens with one attached hydrogen (secondary N) is 1. The lowest BCUT2D eigenvalue weighted by Crippen LogP contribution is -2.19. The molecule has 0 saturated carbocycles. The van der Waals surface area contributed by atoms with Gasteiger partial charge in [-0.2, -0.15) is 10.2 Å². The average molecular weight is 445 g/mol. The van der Waals surface area contributed by atoms with Crippen LogP contribution in [0.15, 0.2) is 54.6 Å². The van der Waals surface area contributed by atoms with Crippen molar-refractivity contribution in [2.45, 2.75) is 33.3 Å². The smallest absolute Gasteiger partial charge is 0.179 e. The van der Waals surface area contributed by atoms with Crippen molar-refractivity contribution in [1.29, 1.82) is 0 Å². The first-order valence-corrected chi connectivity index (χ1v) is 11.4. The predicted octanol–water partition coefficient (Wildman–Crippen LogP) is 4.62. The highest BCUT2D eigenvalue weighted by Crippen LogP contribution is 2.30. The minimum atomic E-state index is -0.0331. The minimum Gasteiger partial charge on any atom is -0.486 e. The Labute approximate surface area is 195 Å². The summed E-state index contributed by atoms with van der Waals surface area (Å²) in [6, 6.07) is 18.5. The maximum absolute atomic E-state index is 6.49. The first kappa shape index (κ1) is 22.7. The summed E-state index contributed by atoms with van der Waals surface area (Å²) in [5.74, 6) is 1.58. The third-order valence-corrected chi connectivity index (χ3v) is 5.75. The van der Waals surface area contributed by atoms with Crippen LogP contribution in [0.2, 0.25) is 0 Å². The van der Waals surface area contributed by atoms with Crippen LogP contribution in [0.3, 0.4) is 0 Å². The lowest BCUT2D eigenvalue weighted by atomic mass is 10.1. The summed E-state index contributed by atoms with van der Waals surface area (Å²) in [5, 5.41) is 18.0. The van der Waals surface area contributed by atoms with Crippen molar-refractivity contribution in [2.24, 2.45) is 0 Å². The topological polar surface area (TPSA) is 68.1 Å². The van der Waals surface area contributed by atoms with Crippen molar-refractivity contribution in [3.63, 3.8) is 0 Å². The maximum atomic E-state index is 6.49. The maximum Gasteiger partial charge on any atom is 0.179 e. The molecule has 1 atom stereocenters. The summed E-state index contributed by atoms with van der Waals surface area (Å²) in [4.78, 5) is 1.94. The number of benzene rings is 2. The van der Waals surface area contributed by atoms with E-state index in [1.165, 1.54) is 5.56 Å². The fraction of sp³-hybridized carbons (Fsp3) is 0.346. The predicted molar refractivity (Wildman–Crippen MR) is 133 cm³/mol. The number of aromatic nitrogens is 4. The molecule has 0 aliphatic carbocycles. The van der Waals surface area contributed by atoms with E-state index in [9.17, 15) is 0 Å². The molecule has 0 fully saturated rings. The van der Waals surface area contributed by atoms with Gasteiger partial charge < -0.3 is 15.0 Å². The first-order valence-electron chi connectivity index (χ1n) is 11.4. The van der Waals surface area contributed by atoms with E-state index in [4.69, 9.17) is 9.84 Å². The molecule has 172 valence electrons. The molecule has 0 bridgehead atoms. The van der Waals surface area contributed by atoms with Crippen LogP contribution < -0.4 is 15.0 Å². The summed E-state index contributed by atoms with van der Waals surface area (Å²) in [5.41, 5.74) is 4.88. The lowest BCUT2D eigenvalue weighted by Gasteiger charge is -2.20. The third-order valence-electron chi connectivity index (χ3n) is 5.75. The molecular weight excluding hydrogens is 412 g/mol. The summed E-state index contributed by atoms with van der Waals surface area (Å²) < 4.78 is 8.45. The van der Waals surface area contributed by atoms with E-state index in [2.05, 4.69) is 53.6 Å². The lowest BCUT2D eigenvalue weighted by molar-refractivity contribution is 0.194. The average Bonchev–Trinajstić information content (AvgIpc) is 3.17. The third kappa shape index (κ3) is 4.83. The Balaban J connectivity index is 1.69. The number of rotatable bonds is 9. The fourth-order valence-electron chi connectivity index (χ4n) is 4.09. The molecule has 0 aliphatic heterocycles. The molecule has 0 spiro atoms. The number of fused-ring (bicyclic) bond motifs is 1. The molecule has 0 radical (unpaired) electrons. The van der Waals surface area contributed by atoms with Crippen molar-refractivity contribution in [1.82, 2.24) is 25.3 Å². The zero-order valence-electron chi connectivity index (χ0n) is 20.0. The zero-order valence-corrected chi connectivity index (χ0v) is 20.0. The van der Waals surface area contributed by atoms with Gasteiger partial charge in [0.1, 0.15) is 17.4 Å². The van der Waals surface area contributed by atoms with Crippen molar-refractivity contribution >= 4 is 16.7 Å². The Morgan fingerprint density at radius 1 is 1.03 bits per heavy atom. The number of ether oxygens (including phenoxy) is 1. The molecule has 33 heavy (non-hydrogen) atoms. The van der Waals surface area contributed by atoms with E-state index in [1.54, 1.807) is 0 Å². The molecule has 2 aromatic heterocycles. The largest absolute Gasteiger partial charge is 0.486 e. The quantitative estimate of drug-likeness (QED) is 0.380. The summed E-state index contributed by atoms with van der Waals surface area (Å²) in [6.07, 6.45) is 0.851. The molecule has 7 nitrogen and oxygen atoms in total. The Bertz CT molecular complexity index is 1220. The number of anilines is 1. The van der Waals surface area contributed by atoms with Crippen molar-refractivity contribution in [2.75, 3.05) is 32.1 Å². The molecule has 2 aromatic carbocycles. The van der Waals surface area contributed by atoms with Gasteiger partial charge in [0.15, 0.2) is 5.82 Å². The Kier molecular flexibility index (Phi) is 6.89. The Morgan fingerprint density at radius 2 is 1.82 bits per heavy atom. The van der Waals surface area contributed by atoms with E-state index >= 15 is 0 Å². The highest BCUT2D eigenvalue weighted by molar-refractivity contribution is 5.92.